The number of aromatic nitrogens is 1. The molecule has 0 bridgehead atoms. The van der Waals surface area contributed by atoms with Gasteiger partial charge in [-0.25, -0.2) is 9.98 Å². The molecule has 0 saturated carbocycles. The van der Waals surface area contributed by atoms with Gasteiger partial charge in [0, 0.05) is 38.0 Å². The molecule has 1 unspecified atom stereocenters. The molecule has 7 nitrogen and oxygen atoms in total. The molecule has 0 amide bonds. The molecule has 1 aliphatic rings. The van der Waals surface area contributed by atoms with E-state index in [9.17, 15) is 0 Å². The summed E-state index contributed by atoms with van der Waals surface area (Å²) in [6.07, 6.45) is 4.27. The third-order valence-corrected chi connectivity index (χ3v) is 4.54. The van der Waals surface area contributed by atoms with Gasteiger partial charge in [0.1, 0.15) is 6.61 Å². The van der Waals surface area contributed by atoms with E-state index in [0.29, 0.717) is 31.7 Å². The molecule has 8 heteroatoms. The molecule has 1 aromatic heterocycles. The van der Waals surface area contributed by atoms with Crippen LogP contribution in [0.15, 0.2) is 23.3 Å². The highest BCUT2D eigenvalue weighted by Gasteiger charge is 2.22. The first-order chi connectivity index (χ1) is 12.8. The Hall–Kier alpha value is -1.13. The lowest BCUT2D eigenvalue weighted by atomic mass is 10.2. The summed E-state index contributed by atoms with van der Waals surface area (Å²) in [6, 6.07) is 4.50. The molecular formula is C19H34IN5O2. The summed E-state index contributed by atoms with van der Waals surface area (Å²) in [7, 11) is 1.66. The normalized spacial score (nSPS) is 17.4. The first-order valence-corrected chi connectivity index (χ1v) is 9.60. The van der Waals surface area contributed by atoms with Crippen LogP contribution >= 0.6 is 24.0 Å². The van der Waals surface area contributed by atoms with Crippen molar-refractivity contribution in [3.05, 3.63) is 23.9 Å². The van der Waals surface area contributed by atoms with Gasteiger partial charge in [0.25, 0.3) is 0 Å². The minimum atomic E-state index is 0. The van der Waals surface area contributed by atoms with Gasteiger partial charge >= 0.3 is 0 Å². The quantitative estimate of drug-likeness (QED) is 0.227. The van der Waals surface area contributed by atoms with Crippen LogP contribution < -0.4 is 15.4 Å². The first-order valence-electron chi connectivity index (χ1n) is 9.60. The van der Waals surface area contributed by atoms with Gasteiger partial charge < -0.3 is 20.1 Å². The fourth-order valence-corrected chi connectivity index (χ4v) is 3.16. The molecule has 0 radical (unpaired) electrons. The molecule has 0 aliphatic carbocycles. The van der Waals surface area contributed by atoms with Crippen molar-refractivity contribution in [3.63, 3.8) is 0 Å². The van der Waals surface area contributed by atoms with Crippen LogP contribution in [0.2, 0.25) is 0 Å². The average molecular weight is 491 g/mol. The number of pyridine rings is 1. The van der Waals surface area contributed by atoms with Crippen molar-refractivity contribution in [2.75, 3.05) is 46.5 Å². The lowest BCUT2D eigenvalue weighted by molar-refractivity contribution is 0.143. The van der Waals surface area contributed by atoms with Crippen LogP contribution in [0.4, 0.5) is 0 Å². The molecule has 2 heterocycles. The summed E-state index contributed by atoms with van der Waals surface area (Å²) in [4.78, 5) is 11.5. The molecule has 2 rings (SSSR count). The van der Waals surface area contributed by atoms with Crippen LogP contribution in [0, 0.1) is 0 Å². The second-order valence-electron chi connectivity index (χ2n) is 6.31. The van der Waals surface area contributed by atoms with E-state index < -0.39 is 0 Å². The molecule has 1 fully saturated rings. The zero-order chi connectivity index (χ0) is 18.6. The van der Waals surface area contributed by atoms with Crippen LogP contribution in [-0.4, -0.2) is 68.4 Å². The van der Waals surface area contributed by atoms with Gasteiger partial charge in [0.05, 0.1) is 13.2 Å². The van der Waals surface area contributed by atoms with Crippen molar-refractivity contribution < 1.29 is 9.47 Å². The molecule has 0 aromatic carbocycles. The second-order valence-corrected chi connectivity index (χ2v) is 6.31. The average Bonchev–Trinajstić information content (AvgIpc) is 3.12. The summed E-state index contributed by atoms with van der Waals surface area (Å²) in [6.45, 7) is 9.91. The Morgan fingerprint density at radius 1 is 1.33 bits per heavy atom. The molecule has 1 aliphatic heterocycles. The number of nitrogens with zero attached hydrogens (tertiary/aromatic N) is 3. The molecule has 1 aromatic rings. The largest absolute Gasteiger partial charge is 0.475 e. The third-order valence-electron chi connectivity index (χ3n) is 4.54. The van der Waals surface area contributed by atoms with E-state index in [0.717, 1.165) is 31.2 Å². The van der Waals surface area contributed by atoms with Gasteiger partial charge in [0.15, 0.2) is 5.96 Å². The number of likely N-dealkylation sites (N-methyl/N-ethyl adjacent to an activating group) is 1. The summed E-state index contributed by atoms with van der Waals surface area (Å²) < 4.78 is 10.7. The molecule has 2 N–H and O–H groups in total. The number of likely N-dealkylation sites (tertiary alicyclic amines) is 1. The van der Waals surface area contributed by atoms with Gasteiger partial charge in [-0.2, -0.15) is 0 Å². The van der Waals surface area contributed by atoms with E-state index in [2.05, 4.69) is 34.4 Å². The van der Waals surface area contributed by atoms with Crippen molar-refractivity contribution in [1.82, 2.24) is 20.5 Å². The van der Waals surface area contributed by atoms with Gasteiger partial charge in [0.2, 0.25) is 5.88 Å². The van der Waals surface area contributed by atoms with Crippen molar-refractivity contribution in [2.45, 2.75) is 39.3 Å². The fourth-order valence-electron chi connectivity index (χ4n) is 3.16. The Kier molecular flexibility index (Phi) is 12.4. The molecule has 27 heavy (non-hydrogen) atoms. The monoisotopic (exact) mass is 491 g/mol. The van der Waals surface area contributed by atoms with Crippen molar-refractivity contribution in [1.29, 1.82) is 0 Å². The zero-order valence-electron chi connectivity index (χ0n) is 16.7. The van der Waals surface area contributed by atoms with Crippen LogP contribution in [0.25, 0.3) is 0 Å². The minimum absolute atomic E-state index is 0. The van der Waals surface area contributed by atoms with E-state index in [1.807, 2.05) is 12.1 Å². The number of methoxy groups -OCH3 is 1. The third kappa shape index (κ3) is 8.18. The van der Waals surface area contributed by atoms with Crippen LogP contribution in [0.3, 0.4) is 0 Å². The number of guanidine groups is 1. The van der Waals surface area contributed by atoms with Gasteiger partial charge in [-0.15, -0.1) is 24.0 Å². The summed E-state index contributed by atoms with van der Waals surface area (Å²) in [5.41, 5.74) is 0.969. The van der Waals surface area contributed by atoms with Crippen LogP contribution in [0.5, 0.6) is 5.88 Å². The van der Waals surface area contributed by atoms with Crippen molar-refractivity contribution >= 4 is 29.9 Å². The van der Waals surface area contributed by atoms with Crippen molar-refractivity contribution in [3.8, 4) is 5.88 Å². The molecule has 1 atom stereocenters. The number of rotatable bonds is 10. The Bertz CT molecular complexity index is 559. The number of halogens is 1. The molecule has 154 valence electrons. The summed E-state index contributed by atoms with van der Waals surface area (Å²) >= 11 is 0. The standard InChI is InChI=1S/C19H33N5O2.HI/c1-4-20-19(23-15-17-9-7-11-24(17)5-2)22-14-16-8-6-10-21-18(16)26-13-12-25-3;/h6,8,10,17H,4-5,7,9,11-15H2,1-3H3,(H2,20,22,23);1H. The Morgan fingerprint density at radius 2 is 2.19 bits per heavy atom. The highest BCUT2D eigenvalue weighted by molar-refractivity contribution is 14.0. The number of hydrogen-bond acceptors (Lipinski definition) is 5. The Labute approximate surface area is 180 Å². The van der Waals surface area contributed by atoms with E-state index in [4.69, 9.17) is 14.5 Å². The minimum Gasteiger partial charge on any atom is -0.475 e. The van der Waals surface area contributed by atoms with Gasteiger partial charge in [-0.05, 0) is 38.9 Å². The predicted octanol–water partition coefficient (Wildman–Crippen LogP) is 2.26. The first kappa shape index (κ1) is 23.9. The summed E-state index contributed by atoms with van der Waals surface area (Å²) in [5, 5.41) is 6.81. The highest BCUT2D eigenvalue weighted by Crippen LogP contribution is 2.16. The SMILES string of the molecule is CCNC(=NCc1cccnc1OCCOC)NCC1CCCN1CC.I. The van der Waals surface area contributed by atoms with E-state index in [1.165, 1.54) is 19.4 Å². The zero-order valence-corrected chi connectivity index (χ0v) is 19.1. The molecule has 1 saturated heterocycles. The molecule has 0 spiro atoms. The lowest BCUT2D eigenvalue weighted by Gasteiger charge is -2.24. The van der Waals surface area contributed by atoms with Crippen LogP contribution in [-0.2, 0) is 11.3 Å². The van der Waals surface area contributed by atoms with Gasteiger partial charge in [-0.3, -0.25) is 4.90 Å². The number of nitrogens with one attached hydrogen (secondary N) is 2. The highest BCUT2D eigenvalue weighted by atomic mass is 127. The maximum atomic E-state index is 5.69. The Morgan fingerprint density at radius 3 is 2.93 bits per heavy atom. The van der Waals surface area contributed by atoms with Crippen LogP contribution in [0.1, 0.15) is 32.3 Å². The fraction of sp³-hybridized carbons (Fsp3) is 0.684. The number of hydrogen-bond donors (Lipinski definition) is 2. The Balaban J connectivity index is 0.00000364. The molecular weight excluding hydrogens is 457 g/mol. The number of aliphatic imine (C=N–C) groups is 1. The van der Waals surface area contributed by atoms with Crippen molar-refractivity contribution in [2.24, 2.45) is 4.99 Å². The summed E-state index contributed by atoms with van der Waals surface area (Å²) in [5.74, 6) is 1.46. The van der Waals surface area contributed by atoms with Gasteiger partial charge in [-0.1, -0.05) is 13.0 Å². The number of ether oxygens (including phenoxy) is 2. The second kappa shape index (κ2) is 14.0. The van der Waals surface area contributed by atoms with E-state index in [-0.39, 0.29) is 24.0 Å². The lowest BCUT2D eigenvalue weighted by Crippen LogP contribution is -2.44. The topological polar surface area (TPSA) is 71.0 Å². The predicted molar refractivity (Wildman–Crippen MR) is 120 cm³/mol. The van der Waals surface area contributed by atoms with E-state index in [1.54, 1.807) is 13.3 Å². The van der Waals surface area contributed by atoms with E-state index >= 15 is 0 Å². The maximum Gasteiger partial charge on any atom is 0.218 e. The smallest absolute Gasteiger partial charge is 0.218 e. The maximum absolute atomic E-state index is 5.69.